The quantitative estimate of drug-likeness (QED) is 0.198. The third kappa shape index (κ3) is 4.10. The molecule has 0 saturated heterocycles. The maximum atomic E-state index is 6.37. The monoisotopic (exact) mass is 613 g/mol. The van der Waals surface area contributed by atoms with Gasteiger partial charge in [0.25, 0.3) is 0 Å². The molecule has 10 aromatic rings. The summed E-state index contributed by atoms with van der Waals surface area (Å²) in [7, 11) is 0. The topological polar surface area (TPSA) is 43.9 Å². The van der Waals surface area contributed by atoms with Crippen LogP contribution in [-0.4, -0.2) is 14.5 Å². The molecule has 0 aliphatic carbocycles. The Morgan fingerprint density at radius 2 is 1.08 bits per heavy atom. The van der Waals surface area contributed by atoms with E-state index < -0.39 is 0 Å². The van der Waals surface area contributed by atoms with Crippen molar-refractivity contribution < 1.29 is 4.42 Å². The van der Waals surface area contributed by atoms with Crippen molar-refractivity contribution in [1.82, 2.24) is 14.5 Å². The maximum absolute atomic E-state index is 6.37. The van der Waals surface area contributed by atoms with Gasteiger partial charge in [-0.1, -0.05) is 133 Å². The number of fused-ring (bicyclic) bond motifs is 8. The SMILES string of the molecule is c1ccc(-c2cc(-c3ccccc3)nc(-n3c4ccccc4c4cccc(-c5ccc6oc7ccc8ccccc8c7c6c5)c43)n2)cc1. The smallest absolute Gasteiger partial charge is 0.235 e. The lowest BCUT2D eigenvalue weighted by molar-refractivity contribution is 0.669. The van der Waals surface area contributed by atoms with E-state index in [1.807, 2.05) is 12.1 Å². The number of para-hydroxylation sites is 2. The number of furan rings is 1. The Morgan fingerprint density at radius 1 is 0.438 bits per heavy atom. The molecule has 7 aromatic carbocycles. The second-order valence-corrected chi connectivity index (χ2v) is 12.2. The van der Waals surface area contributed by atoms with Gasteiger partial charge < -0.3 is 4.42 Å². The average molecular weight is 614 g/mol. The summed E-state index contributed by atoms with van der Waals surface area (Å²) in [5.41, 5.74) is 9.96. The predicted octanol–water partition coefficient (Wildman–Crippen LogP) is 11.6. The second-order valence-electron chi connectivity index (χ2n) is 12.2. The molecule has 4 nitrogen and oxygen atoms in total. The molecule has 0 amide bonds. The highest BCUT2D eigenvalue weighted by Crippen LogP contribution is 2.41. The van der Waals surface area contributed by atoms with Gasteiger partial charge in [-0.05, 0) is 46.7 Å². The molecule has 224 valence electrons. The highest BCUT2D eigenvalue weighted by molar-refractivity contribution is 6.20. The summed E-state index contributed by atoms with van der Waals surface area (Å²) in [6.07, 6.45) is 0. The van der Waals surface area contributed by atoms with Gasteiger partial charge in [0.1, 0.15) is 11.2 Å². The van der Waals surface area contributed by atoms with Gasteiger partial charge in [-0.15, -0.1) is 0 Å². The molecular weight excluding hydrogens is 587 g/mol. The van der Waals surface area contributed by atoms with E-state index in [2.05, 4.69) is 156 Å². The first kappa shape index (κ1) is 26.7. The number of benzene rings is 7. The van der Waals surface area contributed by atoms with Crippen molar-refractivity contribution >= 4 is 54.5 Å². The van der Waals surface area contributed by atoms with Crippen LogP contribution in [0.4, 0.5) is 0 Å². The Kier molecular flexibility index (Phi) is 5.84. The highest BCUT2D eigenvalue weighted by Gasteiger charge is 2.20. The molecule has 0 atom stereocenters. The van der Waals surface area contributed by atoms with E-state index >= 15 is 0 Å². The molecular formula is C44H27N3O. The van der Waals surface area contributed by atoms with Crippen LogP contribution in [0, 0.1) is 0 Å². The molecule has 4 heteroatoms. The second kappa shape index (κ2) is 10.5. The molecule has 0 radical (unpaired) electrons. The molecule has 0 N–H and O–H groups in total. The molecule has 0 saturated carbocycles. The fraction of sp³-hybridized carbons (Fsp3) is 0. The summed E-state index contributed by atoms with van der Waals surface area (Å²) >= 11 is 0. The van der Waals surface area contributed by atoms with E-state index in [0.717, 1.165) is 77.4 Å². The van der Waals surface area contributed by atoms with Gasteiger partial charge in [0.05, 0.1) is 22.4 Å². The minimum absolute atomic E-state index is 0.634. The maximum Gasteiger partial charge on any atom is 0.235 e. The van der Waals surface area contributed by atoms with E-state index in [1.165, 1.54) is 10.8 Å². The van der Waals surface area contributed by atoms with Crippen LogP contribution < -0.4 is 0 Å². The zero-order valence-corrected chi connectivity index (χ0v) is 25.8. The molecule has 0 unspecified atom stereocenters. The first-order valence-corrected chi connectivity index (χ1v) is 16.2. The first-order valence-electron chi connectivity index (χ1n) is 16.2. The van der Waals surface area contributed by atoms with Crippen molar-refractivity contribution in [2.45, 2.75) is 0 Å². The van der Waals surface area contributed by atoms with Crippen molar-refractivity contribution in [1.29, 1.82) is 0 Å². The van der Waals surface area contributed by atoms with Crippen LogP contribution >= 0.6 is 0 Å². The highest BCUT2D eigenvalue weighted by atomic mass is 16.3. The van der Waals surface area contributed by atoms with Crippen LogP contribution in [0.2, 0.25) is 0 Å². The van der Waals surface area contributed by atoms with Gasteiger partial charge in [0.15, 0.2) is 0 Å². The van der Waals surface area contributed by atoms with Gasteiger partial charge >= 0.3 is 0 Å². The van der Waals surface area contributed by atoms with Crippen LogP contribution in [0.15, 0.2) is 168 Å². The summed E-state index contributed by atoms with van der Waals surface area (Å²) in [4.78, 5) is 10.5. The number of rotatable bonds is 4. The van der Waals surface area contributed by atoms with Gasteiger partial charge in [0, 0.05) is 38.2 Å². The average Bonchev–Trinajstić information content (AvgIpc) is 3.71. The van der Waals surface area contributed by atoms with E-state index in [0.29, 0.717) is 5.95 Å². The zero-order valence-electron chi connectivity index (χ0n) is 25.8. The Labute approximate surface area is 276 Å². The largest absolute Gasteiger partial charge is 0.456 e. The number of aromatic nitrogens is 3. The molecule has 0 spiro atoms. The van der Waals surface area contributed by atoms with Crippen LogP contribution in [-0.2, 0) is 0 Å². The summed E-state index contributed by atoms with van der Waals surface area (Å²) in [6.45, 7) is 0. The molecule has 0 fully saturated rings. The van der Waals surface area contributed by atoms with E-state index in [1.54, 1.807) is 0 Å². The van der Waals surface area contributed by atoms with E-state index in [-0.39, 0.29) is 0 Å². The van der Waals surface area contributed by atoms with Gasteiger partial charge in [-0.3, -0.25) is 4.57 Å². The standard InChI is InChI=1S/C44H27N3O/c1-3-13-29(14-4-1)37-27-38(30-15-5-2-6-16-30)46-44(45-37)47-39-21-10-9-18-34(39)35-20-11-19-33(43(35)47)31-23-24-40-36(26-31)42-32-17-8-7-12-28(32)22-25-41(42)48-40/h1-27H. The summed E-state index contributed by atoms with van der Waals surface area (Å²) in [5, 5.41) is 6.95. The van der Waals surface area contributed by atoms with Gasteiger partial charge in [-0.2, -0.15) is 0 Å². The van der Waals surface area contributed by atoms with Crippen LogP contribution in [0.3, 0.4) is 0 Å². The Bertz CT molecular complexity index is 2770. The summed E-state index contributed by atoms with van der Waals surface area (Å²) in [6, 6.07) is 57.2. The Balaban J connectivity index is 1.28. The fourth-order valence-electron chi connectivity index (χ4n) is 7.22. The van der Waals surface area contributed by atoms with Crippen LogP contribution in [0.25, 0.3) is 94.1 Å². The molecule has 3 aromatic heterocycles. The number of hydrogen-bond acceptors (Lipinski definition) is 3. The van der Waals surface area contributed by atoms with Crippen molar-refractivity contribution in [3.05, 3.63) is 164 Å². The zero-order chi connectivity index (χ0) is 31.6. The third-order valence-corrected chi connectivity index (χ3v) is 9.42. The minimum Gasteiger partial charge on any atom is -0.456 e. The van der Waals surface area contributed by atoms with E-state index in [4.69, 9.17) is 14.4 Å². The summed E-state index contributed by atoms with van der Waals surface area (Å²) < 4.78 is 8.61. The van der Waals surface area contributed by atoms with Crippen molar-refractivity contribution in [2.24, 2.45) is 0 Å². The minimum atomic E-state index is 0.634. The van der Waals surface area contributed by atoms with Crippen LogP contribution in [0.1, 0.15) is 0 Å². The van der Waals surface area contributed by atoms with E-state index in [9.17, 15) is 0 Å². The lowest BCUT2D eigenvalue weighted by Crippen LogP contribution is -2.04. The van der Waals surface area contributed by atoms with Crippen molar-refractivity contribution in [3.63, 3.8) is 0 Å². The third-order valence-electron chi connectivity index (χ3n) is 9.42. The van der Waals surface area contributed by atoms with Gasteiger partial charge in [0.2, 0.25) is 5.95 Å². The molecule has 0 bridgehead atoms. The van der Waals surface area contributed by atoms with Crippen LogP contribution in [0.5, 0.6) is 0 Å². The molecule has 0 aliphatic rings. The number of hydrogen-bond donors (Lipinski definition) is 0. The van der Waals surface area contributed by atoms with Crippen molar-refractivity contribution in [3.8, 4) is 39.6 Å². The Hall–Kier alpha value is -6.52. The fourth-order valence-corrected chi connectivity index (χ4v) is 7.22. The Morgan fingerprint density at radius 3 is 1.85 bits per heavy atom. The number of nitrogens with zero attached hydrogens (tertiary/aromatic N) is 3. The molecule has 0 aliphatic heterocycles. The summed E-state index contributed by atoms with van der Waals surface area (Å²) in [5.74, 6) is 0.634. The normalized spacial score (nSPS) is 11.8. The van der Waals surface area contributed by atoms with Crippen molar-refractivity contribution in [2.75, 3.05) is 0 Å². The lowest BCUT2D eigenvalue weighted by Gasteiger charge is -2.13. The molecule has 48 heavy (non-hydrogen) atoms. The molecule has 3 heterocycles. The lowest BCUT2D eigenvalue weighted by atomic mass is 9.98. The predicted molar refractivity (Wildman–Crippen MR) is 197 cm³/mol. The van der Waals surface area contributed by atoms with Gasteiger partial charge in [-0.25, -0.2) is 9.97 Å². The first-order chi connectivity index (χ1) is 23.8. The molecule has 10 rings (SSSR count).